The van der Waals surface area contributed by atoms with Crippen LogP contribution in [0.1, 0.15) is 33.4 Å². The van der Waals surface area contributed by atoms with Crippen LogP contribution in [-0.4, -0.2) is 11.9 Å². The molecule has 0 fully saturated rings. The van der Waals surface area contributed by atoms with E-state index in [-0.39, 0.29) is 22.7 Å². The number of carbonyl (C=O) groups is 2. The van der Waals surface area contributed by atoms with E-state index in [2.05, 4.69) is 70.5 Å². The van der Waals surface area contributed by atoms with E-state index >= 15 is 0 Å². The van der Waals surface area contributed by atoms with Crippen LogP contribution in [0, 0.1) is 0 Å². The molecule has 6 aromatic carbocycles. The van der Waals surface area contributed by atoms with Crippen LogP contribution in [0.3, 0.4) is 0 Å². The maximum absolute atomic E-state index is 13.6. The lowest BCUT2D eigenvalue weighted by atomic mass is 9.92. The van der Waals surface area contributed by atoms with Gasteiger partial charge in [0.1, 0.15) is 11.1 Å². The predicted molar refractivity (Wildman–Crippen MR) is 194 cm³/mol. The number of nitrogens with zero attached hydrogens (tertiary/aromatic N) is 2. The Bertz CT molecular complexity index is 2310. The second-order valence-electron chi connectivity index (χ2n) is 12.8. The molecule has 238 valence electrons. The molecule has 4 heterocycles. The smallest absolute Gasteiger partial charge is 0.348 e. The van der Waals surface area contributed by atoms with Gasteiger partial charge >= 0.3 is 11.9 Å². The summed E-state index contributed by atoms with van der Waals surface area (Å²) in [6, 6.07) is 49.2. The molecule has 0 spiro atoms. The molecule has 0 atom stereocenters. The summed E-state index contributed by atoms with van der Waals surface area (Å²) in [5.74, 6) is -0.697. The third kappa shape index (κ3) is 4.28. The van der Waals surface area contributed by atoms with Gasteiger partial charge in [-0.3, -0.25) is 0 Å². The molecule has 4 aliphatic heterocycles. The van der Waals surface area contributed by atoms with Gasteiger partial charge < -0.3 is 19.3 Å². The number of para-hydroxylation sites is 4. The maximum atomic E-state index is 13.6. The summed E-state index contributed by atoms with van der Waals surface area (Å²) >= 11 is 0. The molecule has 10 rings (SSSR count). The first-order valence-electron chi connectivity index (χ1n) is 16.7. The van der Waals surface area contributed by atoms with Crippen LogP contribution >= 0.6 is 0 Å². The fourth-order valence-electron chi connectivity index (χ4n) is 7.72. The topological polar surface area (TPSA) is 59.1 Å². The van der Waals surface area contributed by atoms with E-state index < -0.39 is 11.9 Å². The van der Waals surface area contributed by atoms with Gasteiger partial charge in [-0.15, -0.1) is 0 Å². The van der Waals surface area contributed by atoms with Gasteiger partial charge in [0.25, 0.3) is 0 Å². The van der Waals surface area contributed by atoms with Gasteiger partial charge in [0.2, 0.25) is 0 Å². The number of rotatable bonds is 4. The van der Waals surface area contributed by atoms with Crippen LogP contribution in [0.2, 0.25) is 0 Å². The lowest BCUT2D eigenvalue weighted by Crippen LogP contribution is -2.18. The molecule has 0 amide bonds. The zero-order valence-electron chi connectivity index (χ0n) is 26.8. The third-order valence-electron chi connectivity index (χ3n) is 9.92. The van der Waals surface area contributed by atoms with Crippen LogP contribution in [0.15, 0.2) is 157 Å². The number of benzene rings is 6. The first kappa shape index (κ1) is 28.4. The third-order valence-corrected chi connectivity index (χ3v) is 9.92. The maximum Gasteiger partial charge on any atom is 0.348 e. The summed E-state index contributed by atoms with van der Waals surface area (Å²) in [4.78, 5) is 31.6. The van der Waals surface area contributed by atoms with Crippen molar-refractivity contribution in [1.82, 2.24) is 0 Å². The van der Waals surface area contributed by atoms with Crippen LogP contribution in [0.4, 0.5) is 34.1 Å². The molecule has 0 saturated heterocycles. The second-order valence-corrected chi connectivity index (χ2v) is 12.8. The molecular formula is C44H28N2O4. The average Bonchev–Trinajstić information content (AvgIpc) is 3.70. The molecule has 50 heavy (non-hydrogen) atoms. The zero-order chi connectivity index (χ0) is 33.3. The molecule has 0 aromatic heterocycles. The molecule has 0 bridgehead atoms. The minimum Gasteiger partial charge on any atom is -0.421 e. The molecule has 0 N–H and O–H groups in total. The predicted octanol–water partition coefficient (Wildman–Crippen LogP) is 9.67. The number of anilines is 6. The van der Waals surface area contributed by atoms with Crippen molar-refractivity contribution in [3.05, 3.63) is 190 Å². The summed E-state index contributed by atoms with van der Waals surface area (Å²) in [7, 11) is 0. The Hall–Kier alpha value is -6.66. The number of cyclic esters (lactones) is 2. The first-order chi connectivity index (χ1) is 24.6. The van der Waals surface area contributed by atoms with Crippen molar-refractivity contribution in [2.24, 2.45) is 0 Å². The lowest BCUT2D eigenvalue weighted by Gasteiger charge is -2.33. The van der Waals surface area contributed by atoms with Crippen LogP contribution < -0.4 is 9.80 Å². The largest absolute Gasteiger partial charge is 0.421 e. The summed E-state index contributed by atoms with van der Waals surface area (Å²) in [6.07, 6.45) is 1.41. The molecule has 0 radical (unpaired) electrons. The monoisotopic (exact) mass is 648 g/mol. The van der Waals surface area contributed by atoms with Gasteiger partial charge in [-0.25, -0.2) is 9.59 Å². The number of ether oxygens (including phenoxy) is 2. The summed E-state index contributed by atoms with van der Waals surface area (Å²) < 4.78 is 11.8. The van der Waals surface area contributed by atoms with Crippen molar-refractivity contribution in [3.8, 4) is 0 Å². The lowest BCUT2D eigenvalue weighted by molar-refractivity contribution is -0.131. The molecule has 0 saturated carbocycles. The fourth-order valence-corrected chi connectivity index (χ4v) is 7.72. The van der Waals surface area contributed by atoms with Crippen molar-refractivity contribution < 1.29 is 19.1 Å². The van der Waals surface area contributed by atoms with Crippen LogP contribution in [0.25, 0.3) is 11.5 Å². The van der Waals surface area contributed by atoms with E-state index in [0.29, 0.717) is 24.0 Å². The molecule has 4 aliphatic rings. The number of fused-ring (bicyclic) bond motifs is 5. The molecule has 0 aliphatic carbocycles. The van der Waals surface area contributed by atoms with Crippen molar-refractivity contribution in [2.75, 3.05) is 9.80 Å². The van der Waals surface area contributed by atoms with E-state index in [4.69, 9.17) is 9.47 Å². The average molecular weight is 649 g/mol. The van der Waals surface area contributed by atoms with Crippen molar-refractivity contribution >= 4 is 57.6 Å². The van der Waals surface area contributed by atoms with Gasteiger partial charge in [0.05, 0.1) is 0 Å². The Morgan fingerprint density at radius 2 is 0.780 bits per heavy atom. The second kappa shape index (κ2) is 10.9. The van der Waals surface area contributed by atoms with Gasteiger partial charge in [-0.05, 0) is 95.1 Å². The van der Waals surface area contributed by atoms with Crippen molar-refractivity contribution in [1.29, 1.82) is 0 Å². The van der Waals surface area contributed by atoms with E-state index in [9.17, 15) is 9.59 Å². The Balaban J connectivity index is 1.06. The summed E-state index contributed by atoms with van der Waals surface area (Å²) in [5, 5.41) is 0. The minimum absolute atomic E-state index is 0.176. The van der Waals surface area contributed by atoms with Crippen LogP contribution in [-0.2, 0) is 31.9 Å². The molecule has 6 heteroatoms. The van der Waals surface area contributed by atoms with E-state index in [1.807, 2.05) is 84.9 Å². The highest BCUT2D eigenvalue weighted by Gasteiger charge is 2.45. The zero-order valence-corrected chi connectivity index (χ0v) is 26.8. The molecule has 6 aromatic rings. The highest BCUT2D eigenvalue weighted by molar-refractivity contribution is 6.24. The van der Waals surface area contributed by atoms with E-state index in [0.717, 1.165) is 45.3 Å². The quantitative estimate of drug-likeness (QED) is 0.177. The van der Waals surface area contributed by atoms with Gasteiger partial charge in [-0.2, -0.15) is 0 Å². The highest BCUT2D eigenvalue weighted by Crippen LogP contribution is 2.49. The Kier molecular flexibility index (Phi) is 6.20. The fraction of sp³-hybridized carbons (Fsp3) is 0.0455. The SMILES string of the molecule is O=C1OC(c2ccc3c(c2)Cc2ccccc2N3c2ccccc2)=C2C(=O)OC(c3ccc4c(c3)Cc3ccccc3N4c3ccccc3)=C12. The van der Waals surface area contributed by atoms with Crippen LogP contribution in [0.5, 0.6) is 0 Å². The number of esters is 2. The molecule has 0 unspecified atom stereocenters. The first-order valence-corrected chi connectivity index (χ1v) is 16.7. The molecule has 6 nitrogen and oxygen atoms in total. The minimum atomic E-state index is -0.584. The van der Waals surface area contributed by atoms with Gasteiger partial charge in [0, 0.05) is 58.1 Å². The normalized spacial score (nSPS) is 15.6. The Morgan fingerprint density at radius 3 is 1.22 bits per heavy atom. The standard InChI is InChI=1S/C44H28N2O4/c47-43-39-40(42(50-43)30-20-22-38-32(26-30)24-28-12-8-10-18-36(28)46(38)34-15-5-2-6-16-34)44(48)49-41(39)29-19-21-37-31(25-29)23-27-11-7-9-17-35(27)45(37)33-13-3-1-4-14-33/h1-22,25-26H,23-24H2. The summed E-state index contributed by atoms with van der Waals surface area (Å²) in [5.41, 5.74) is 12.6. The summed E-state index contributed by atoms with van der Waals surface area (Å²) in [6.45, 7) is 0. The Morgan fingerprint density at radius 1 is 0.400 bits per heavy atom. The van der Waals surface area contributed by atoms with Crippen molar-refractivity contribution in [3.63, 3.8) is 0 Å². The van der Waals surface area contributed by atoms with E-state index in [1.54, 1.807) is 0 Å². The number of hydrogen-bond acceptors (Lipinski definition) is 6. The van der Waals surface area contributed by atoms with Gasteiger partial charge in [0.15, 0.2) is 11.5 Å². The Labute approximate surface area is 288 Å². The van der Waals surface area contributed by atoms with Gasteiger partial charge in [-0.1, -0.05) is 72.8 Å². The number of carbonyl (C=O) groups excluding carboxylic acids is 2. The highest BCUT2D eigenvalue weighted by atomic mass is 16.6. The van der Waals surface area contributed by atoms with Crippen molar-refractivity contribution in [2.45, 2.75) is 12.8 Å². The van der Waals surface area contributed by atoms with E-state index in [1.165, 1.54) is 11.1 Å². The molecular weight excluding hydrogens is 620 g/mol. The number of hydrogen-bond donors (Lipinski definition) is 0.